The normalized spacial score (nSPS) is 11.3. The van der Waals surface area contributed by atoms with Crippen LogP contribution in [0.15, 0.2) is 63.4 Å². The Bertz CT molecular complexity index is 833. The predicted octanol–water partition coefficient (Wildman–Crippen LogP) is 1.53. The zero-order valence-corrected chi connectivity index (χ0v) is 13.1. The van der Waals surface area contributed by atoms with Gasteiger partial charge in [0.2, 0.25) is 9.84 Å². The molecule has 2 rings (SSSR count). The van der Waals surface area contributed by atoms with Crippen LogP contribution in [-0.2, 0) is 9.84 Å². The number of urea groups is 1. The number of nitrogens with two attached hydrogens (primary N) is 1. The summed E-state index contributed by atoms with van der Waals surface area (Å²) in [6.45, 7) is 0. The number of rotatable bonds is 5. The third kappa shape index (κ3) is 3.86. The molecule has 2 amide bonds. The second-order valence-corrected chi connectivity index (χ2v) is 6.37. The van der Waals surface area contributed by atoms with Gasteiger partial charge in [-0.25, -0.2) is 18.6 Å². The zero-order chi connectivity index (χ0) is 16.9. The van der Waals surface area contributed by atoms with Crippen LogP contribution in [-0.4, -0.2) is 27.8 Å². The molecule has 0 saturated heterocycles. The van der Waals surface area contributed by atoms with Gasteiger partial charge in [0.15, 0.2) is 0 Å². The molecule has 0 unspecified atom stereocenters. The standard InChI is InChI=1S/C15H15N3O4S/c1-22-12-8-7-11(10-17-18-15(16)19)14(9-12)23(20,21)13-5-3-2-4-6-13/h2-10H,1H3,(H3,16,18,19). The molecule has 0 aliphatic carbocycles. The number of carbonyl (C=O) groups is 1. The van der Waals surface area contributed by atoms with Crippen molar-refractivity contribution in [2.24, 2.45) is 10.8 Å². The Morgan fingerprint density at radius 3 is 2.52 bits per heavy atom. The molecule has 120 valence electrons. The number of amides is 2. The molecule has 2 aromatic rings. The van der Waals surface area contributed by atoms with E-state index in [-0.39, 0.29) is 9.79 Å². The number of sulfone groups is 1. The van der Waals surface area contributed by atoms with Crippen LogP contribution in [0.4, 0.5) is 4.79 Å². The lowest BCUT2D eigenvalue weighted by Crippen LogP contribution is -2.24. The summed E-state index contributed by atoms with van der Waals surface area (Å²) in [4.78, 5) is 10.8. The van der Waals surface area contributed by atoms with E-state index in [9.17, 15) is 13.2 Å². The van der Waals surface area contributed by atoms with Crippen molar-refractivity contribution in [2.75, 3.05) is 7.11 Å². The molecular weight excluding hydrogens is 318 g/mol. The van der Waals surface area contributed by atoms with Gasteiger partial charge >= 0.3 is 6.03 Å². The van der Waals surface area contributed by atoms with Crippen molar-refractivity contribution < 1.29 is 17.9 Å². The molecule has 0 aromatic heterocycles. The van der Waals surface area contributed by atoms with Crippen LogP contribution in [0.5, 0.6) is 5.75 Å². The van der Waals surface area contributed by atoms with E-state index < -0.39 is 15.9 Å². The van der Waals surface area contributed by atoms with E-state index in [0.717, 1.165) is 0 Å². The number of carbonyl (C=O) groups excluding carboxylic acids is 1. The molecular formula is C15H15N3O4S. The van der Waals surface area contributed by atoms with Crippen molar-refractivity contribution in [3.63, 3.8) is 0 Å². The molecule has 0 heterocycles. The van der Waals surface area contributed by atoms with Gasteiger partial charge in [-0.1, -0.05) is 18.2 Å². The van der Waals surface area contributed by atoms with E-state index in [0.29, 0.717) is 11.3 Å². The fourth-order valence-electron chi connectivity index (χ4n) is 1.87. The maximum absolute atomic E-state index is 12.8. The van der Waals surface area contributed by atoms with Crippen molar-refractivity contribution in [1.29, 1.82) is 0 Å². The second-order valence-electron chi connectivity index (χ2n) is 4.45. The number of hydrogen-bond acceptors (Lipinski definition) is 5. The summed E-state index contributed by atoms with van der Waals surface area (Å²) in [6, 6.07) is 11.7. The number of nitrogens with zero attached hydrogens (tertiary/aromatic N) is 1. The van der Waals surface area contributed by atoms with E-state index in [4.69, 9.17) is 10.5 Å². The van der Waals surface area contributed by atoms with Gasteiger partial charge in [0.05, 0.1) is 23.1 Å². The summed E-state index contributed by atoms with van der Waals surface area (Å²) in [6.07, 6.45) is 1.21. The molecule has 2 aromatic carbocycles. The lowest BCUT2D eigenvalue weighted by Gasteiger charge is -2.10. The largest absolute Gasteiger partial charge is 0.497 e. The highest BCUT2D eigenvalue weighted by atomic mass is 32.2. The molecule has 0 radical (unpaired) electrons. The van der Waals surface area contributed by atoms with Gasteiger partial charge in [-0.15, -0.1) is 0 Å². The minimum Gasteiger partial charge on any atom is -0.497 e. The molecule has 0 bridgehead atoms. The van der Waals surface area contributed by atoms with Crippen LogP contribution >= 0.6 is 0 Å². The molecule has 0 aliphatic rings. The topological polar surface area (TPSA) is 111 Å². The number of hydrogen-bond donors (Lipinski definition) is 2. The first-order chi connectivity index (χ1) is 10.9. The fraction of sp³-hybridized carbons (Fsp3) is 0.0667. The molecule has 0 saturated carbocycles. The first-order valence-corrected chi connectivity index (χ1v) is 8.00. The van der Waals surface area contributed by atoms with Crippen LogP contribution in [0.2, 0.25) is 0 Å². The van der Waals surface area contributed by atoms with Gasteiger partial charge in [0.1, 0.15) is 5.75 Å². The molecule has 3 N–H and O–H groups in total. The third-order valence-electron chi connectivity index (χ3n) is 2.94. The Morgan fingerprint density at radius 2 is 1.91 bits per heavy atom. The Labute approximate surface area is 133 Å². The highest BCUT2D eigenvalue weighted by Crippen LogP contribution is 2.27. The highest BCUT2D eigenvalue weighted by Gasteiger charge is 2.21. The third-order valence-corrected chi connectivity index (χ3v) is 4.77. The average molecular weight is 333 g/mol. The molecule has 0 spiro atoms. The number of hydrazone groups is 1. The SMILES string of the molecule is COc1ccc(C=NNC(N)=O)c(S(=O)(=O)c2ccccc2)c1. The van der Waals surface area contributed by atoms with E-state index >= 15 is 0 Å². The minimum absolute atomic E-state index is 0.0121. The van der Waals surface area contributed by atoms with Crippen molar-refractivity contribution in [3.05, 3.63) is 54.1 Å². The number of ether oxygens (including phenoxy) is 1. The van der Waals surface area contributed by atoms with Crippen LogP contribution < -0.4 is 15.9 Å². The number of primary amides is 1. The van der Waals surface area contributed by atoms with Gasteiger partial charge in [0.25, 0.3) is 0 Å². The maximum Gasteiger partial charge on any atom is 0.332 e. The summed E-state index contributed by atoms with van der Waals surface area (Å²) in [5.41, 5.74) is 7.23. The van der Waals surface area contributed by atoms with Gasteiger partial charge in [-0.05, 0) is 30.3 Å². The summed E-state index contributed by atoms with van der Waals surface area (Å²) in [5.74, 6) is 0.388. The van der Waals surface area contributed by atoms with Gasteiger partial charge in [-0.2, -0.15) is 5.10 Å². The Kier molecular flexibility index (Phi) is 4.97. The predicted molar refractivity (Wildman–Crippen MR) is 85.2 cm³/mol. The van der Waals surface area contributed by atoms with Crippen LogP contribution in [0.3, 0.4) is 0 Å². The lowest BCUT2D eigenvalue weighted by atomic mass is 10.2. The van der Waals surface area contributed by atoms with Gasteiger partial charge in [-0.3, -0.25) is 0 Å². The molecule has 8 heteroatoms. The number of methoxy groups -OCH3 is 1. The smallest absolute Gasteiger partial charge is 0.332 e. The zero-order valence-electron chi connectivity index (χ0n) is 12.3. The molecule has 7 nitrogen and oxygen atoms in total. The molecule has 23 heavy (non-hydrogen) atoms. The summed E-state index contributed by atoms with van der Waals surface area (Å²) >= 11 is 0. The van der Waals surface area contributed by atoms with E-state index in [2.05, 4.69) is 5.10 Å². The van der Waals surface area contributed by atoms with Crippen molar-refractivity contribution in [3.8, 4) is 5.75 Å². The van der Waals surface area contributed by atoms with E-state index in [1.165, 1.54) is 37.6 Å². The van der Waals surface area contributed by atoms with E-state index in [1.807, 2.05) is 5.43 Å². The summed E-state index contributed by atoms with van der Waals surface area (Å²) < 4.78 is 30.7. The maximum atomic E-state index is 12.8. The quantitative estimate of drug-likeness (QED) is 0.638. The van der Waals surface area contributed by atoms with Gasteiger partial charge in [0, 0.05) is 5.56 Å². The first kappa shape index (κ1) is 16.5. The van der Waals surface area contributed by atoms with E-state index in [1.54, 1.807) is 24.3 Å². The highest BCUT2D eigenvalue weighted by molar-refractivity contribution is 7.91. The Morgan fingerprint density at radius 1 is 1.22 bits per heavy atom. The van der Waals surface area contributed by atoms with Crippen LogP contribution in [0.25, 0.3) is 0 Å². The van der Waals surface area contributed by atoms with Gasteiger partial charge < -0.3 is 10.5 Å². The second kappa shape index (κ2) is 6.93. The van der Waals surface area contributed by atoms with Crippen LogP contribution in [0.1, 0.15) is 5.56 Å². The van der Waals surface area contributed by atoms with Crippen molar-refractivity contribution in [1.82, 2.24) is 5.43 Å². The molecule has 0 atom stereocenters. The summed E-state index contributed by atoms with van der Waals surface area (Å²) in [7, 11) is -2.33. The molecule has 0 fully saturated rings. The number of nitrogens with one attached hydrogen (secondary N) is 1. The molecule has 0 aliphatic heterocycles. The summed E-state index contributed by atoms with van der Waals surface area (Å²) in [5, 5.41) is 3.61. The average Bonchev–Trinajstić information content (AvgIpc) is 2.55. The van der Waals surface area contributed by atoms with Crippen LogP contribution in [0, 0.1) is 0 Å². The number of benzene rings is 2. The fourth-order valence-corrected chi connectivity index (χ4v) is 3.34. The monoisotopic (exact) mass is 333 g/mol. The lowest BCUT2D eigenvalue weighted by molar-refractivity contribution is 0.249. The first-order valence-electron chi connectivity index (χ1n) is 6.52. The van der Waals surface area contributed by atoms with Crippen molar-refractivity contribution >= 4 is 22.1 Å². The minimum atomic E-state index is -3.77. The van der Waals surface area contributed by atoms with Crippen molar-refractivity contribution in [2.45, 2.75) is 9.79 Å². The Hall–Kier alpha value is -2.87. The Balaban J connectivity index is 2.54.